The quantitative estimate of drug-likeness (QED) is 0.928. The maximum Gasteiger partial charge on any atom is 0.241 e. The molecule has 128 valence electrons. The zero-order valence-corrected chi connectivity index (χ0v) is 15.2. The number of carbonyl (C=O) groups excluding carboxylic acids is 1. The molecule has 0 saturated carbocycles. The van der Waals surface area contributed by atoms with E-state index in [4.69, 9.17) is 4.74 Å². The summed E-state index contributed by atoms with van der Waals surface area (Å²) in [7, 11) is 0. The van der Waals surface area contributed by atoms with Crippen molar-refractivity contribution in [2.45, 2.75) is 65.2 Å². The van der Waals surface area contributed by atoms with E-state index in [0.717, 1.165) is 18.8 Å². The van der Waals surface area contributed by atoms with Gasteiger partial charge < -0.3 is 10.1 Å². The second-order valence-electron chi connectivity index (χ2n) is 7.70. The summed E-state index contributed by atoms with van der Waals surface area (Å²) in [4.78, 5) is 14.7. The van der Waals surface area contributed by atoms with Gasteiger partial charge in [0, 0.05) is 18.8 Å². The predicted octanol–water partition coefficient (Wildman–Crippen LogP) is 3.42. The highest BCUT2D eigenvalue weighted by atomic mass is 16.5. The van der Waals surface area contributed by atoms with Gasteiger partial charge in [-0.15, -0.1) is 0 Å². The summed E-state index contributed by atoms with van der Waals surface area (Å²) < 4.78 is 5.74. The Balaban J connectivity index is 1.98. The van der Waals surface area contributed by atoms with Gasteiger partial charge >= 0.3 is 0 Å². The third-order valence-electron chi connectivity index (χ3n) is 4.39. The molecule has 1 saturated heterocycles. The van der Waals surface area contributed by atoms with Crippen LogP contribution in [0.3, 0.4) is 0 Å². The first kappa shape index (κ1) is 18.0. The Morgan fingerprint density at radius 1 is 1.17 bits per heavy atom. The number of rotatable bonds is 3. The van der Waals surface area contributed by atoms with Gasteiger partial charge in [-0.3, -0.25) is 9.69 Å². The number of benzene rings is 1. The molecule has 0 radical (unpaired) electrons. The van der Waals surface area contributed by atoms with Crippen LogP contribution in [0.2, 0.25) is 0 Å². The SMILES string of the molecule is CC1CN(C(C)C(=O)Nc2ccc(C(C)(C)C)cc2)CC(C)O1. The fourth-order valence-corrected chi connectivity index (χ4v) is 3.00. The molecule has 4 nitrogen and oxygen atoms in total. The van der Waals surface area contributed by atoms with Crippen LogP contribution >= 0.6 is 0 Å². The maximum atomic E-state index is 12.5. The standard InChI is InChI=1S/C19H30N2O2/c1-13-11-21(12-14(2)23-13)15(3)18(22)20-17-9-7-16(8-10-17)19(4,5)6/h7-10,13-15H,11-12H2,1-6H3,(H,20,22). The molecule has 0 spiro atoms. The van der Waals surface area contributed by atoms with E-state index in [9.17, 15) is 4.79 Å². The van der Waals surface area contributed by atoms with E-state index >= 15 is 0 Å². The minimum atomic E-state index is -0.161. The number of nitrogens with zero attached hydrogens (tertiary/aromatic N) is 1. The molecule has 3 unspecified atom stereocenters. The van der Waals surface area contributed by atoms with Gasteiger partial charge in [0.05, 0.1) is 18.2 Å². The number of carbonyl (C=O) groups is 1. The molecule has 1 amide bonds. The molecule has 0 bridgehead atoms. The highest BCUT2D eigenvalue weighted by molar-refractivity contribution is 5.94. The molecule has 23 heavy (non-hydrogen) atoms. The van der Waals surface area contributed by atoms with Crippen LogP contribution in [0.1, 0.15) is 47.1 Å². The Bertz CT molecular complexity index is 523. The van der Waals surface area contributed by atoms with E-state index in [0.29, 0.717) is 0 Å². The molecule has 1 N–H and O–H groups in total. The summed E-state index contributed by atoms with van der Waals surface area (Å²) >= 11 is 0. The highest BCUT2D eigenvalue weighted by Gasteiger charge is 2.29. The average Bonchev–Trinajstić information content (AvgIpc) is 2.45. The largest absolute Gasteiger partial charge is 0.373 e. The smallest absolute Gasteiger partial charge is 0.241 e. The average molecular weight is 318 g/mol. The molecule has 2 rings (SSSR count). The van der Waals surface area contributed by atoms with E-state index in [2.05, 4.69) is 57.0 Å². The van der Waals surface area contributed by atoms with Crippen molar-refractivity contribution < 1.29 is 9.53 Å². The van der Waals surface area contributed by atoms with Crippen LogP contribution in [0.15, 0.2) is 24.3 Å². The number of ether oxygens (including phenoxy) is 1. The van der Waals surface area contributed by atoms with Crippen LogP contribution in [-0.4, -0.2) is 42.1 Å². The van der Waals surface area contributed by atoms with Gasteiger partial charge in [-0.25, -0.2) is 0 Å². The number of anilines is 1. The van der Waals surface area contributed by atoms with Crippen LogP contribution in [0, 0.1) is 0 Å². The van der Waals surface area contributed by atoms with Crippen molar-refractivity contribution in [3.05, 3.63) is 29.8 Å². The van der Waals surface area contributed by atoms with E-state index in [1.165, 1.54) is 5.56 Å². The Labute approximate surface area is 140 Å². The van der Waals surface area contributed by atoms with Crippen molar-refractivity contribution in [2.24, 2.45) is 0 Å². The molecule has 1 aliphatic rings. The summed E-state index contributed by atoms with van der Waals surface area (Å²) in [5, 5.41) is 3.03. The highest BCUT2D eigenvalue weighted by Crippen LogP contribution is 2.23. The minimum absolute atomic E-state index is 0.0369. The molecule has 4 heteroatoms. The summed E-state index contributed by atoms with van der Waals surface area (Å²) in [5.41, 5.74) is 2.24. The molecule has 1 fully saturated rings. The fourth-order valence-electron chi connectivity index (χ4n) is 3.00. The van der Waals surface area contributed by atoms with Crippen molar-refractivity contribution >= 4 is 11.6 Å². The van der Waals surface area contributed by atoms with Crippen LogP contribution in [0.25, 0.3) is 0 Å². The van der Waals surface area contributed by atoms with E-state index in [1.807, 2.05) is 19.1 Å². The summed E-state index contributed by atoms with van der Waals surface area (Å²) in [6, 6.07) is 7.97. The Kier molecular flexibility index (Phi) is 5.48. The lowest BCUT2D eigenvalue weighted by Crippen LogP contribution is -2.52. The number of hydrogen-bond donors (Lipinski definition) is 1. The van der Waals surface area contributed by atoms with Crippen LogP contribution in [0.5, 0.6) is 0 Å². The van der Waals surface area contributed by atoms with Gasteiger partial charge in [-0.05, 0) is 43.9 Å². The monoisotopic (exact) mass is 318 g/mol. The third-order valence-corrected chi connectivity index (χ3v) is 4.39. The Morgan fingerprint density at radius 2 is 1.70 bits per heavy atom. The number of nitrogens with one attached hydrogen (secondary N) is 1. The molecule has 0 aliphatic carbocycles. The lowest BCUT2D eigenvalue weighted by Gasteiger charge is -2.38. The van der Waals surface area contributed by atoms with Crippen LogP contribution < -0.4 is 5.32 Å². The van der Waals surface area contributed by atoms with Crippen molar-refractivity contribution in [3.63, 3.8) is 0 Å². The van der Waals surface area contributed by atoms with Crippen molar-refractivity contribution in [3.8, 4) is 0 Å². The fraction of sp³-hybridized carbons (Fsp3) is 0.632. The van der Waals surface area contributed by atoms with Gasteiger partial charge in [-0.2, -0.15) is 0 Å². The lowest BCUT2D eigenvalue weighted by atomic mass is 9.87. The van der Waals surface area contributed by atoms with E-state index < -0.39 is 0 Å². The minimum Gasteiger partial charge on any atom is -0.373 e. The van der Waals surface area contributed by atoms with Gasteiger partial charge in [-0.1, -0.05) is 32.9 Å². The Morgan fingerprint density at radius 3 is 2.17 bits per heavy atom. The number of hydrogen-bond acceptors (Lipinski definition) is 3. The zero-order valence-electron chi connectivity index (χ0n) is 15.2. The molecule has 3 atom stereocenters. The predicted molar refractivity (Wildman–Crippen MR) is 94.8 cm³/mol. The molecule has 1 aliphatic heterocycles. The van der Waals surface area contributed by atoms with E-state index in [1.54, 1.807) is 0 Å². The van der Waals surface area contributed by atoms with Crippen molar-refractivity contribution in [2.75, 3.05) is 18.4 Å². The van der Waals surface area contributed by atoms with Crippen LogP contribution in [-0.2, 0) is 14.9 Å². The van der Waals surface area contributed by atoms with Gasteiger partial charge in [0.2, 0.25) is 5.91 Å². The second kappa shape index (κ2) is 7.02. The number of amides is 1. The molecule has 1 aromatic rings. The summed E-state index contributed by atoms with van der Waals surface area (Å²) in [5.74, 6) is 0.0369. The summed E-state index contributed by atoms with van der Waals surface area (Å²) in [6.07, 6.45) is 0.333. The first-order valence-corrected chi connectivity index (χ1v) is 8.47. The second-order valence-corrected chi connectivity index (χ2v) is 7.70. The lowest BCUT2D eigenvalue weighted by molar-refractivity contribution is -0.126. The number of morpholine rings is 1. The van der Waals surface area contributed by atoms with Crippen molar-refractivity contribution in [1.29, 1.82) is 0 Å². The molecule has 0 aromatic heterocycles. The van der Waals surface area contributed by atoms with Gasteiger partial charge in [0.15, 0.2) is 0 Å². The van der Waals surface area contributed by atoms with Crippen molar-refractivity contribution in [1.82, 2.24) is 4.90 Å². The molecule has 1 heterocycles. The first-order valence-electron chi connectivity index (χ1n) is 8.47. The molecular weight excluding hydrogens is 288 g/mol. The summed E-state index contributed by atoms with van der Waals surface area (Å²) in [6.45, 7) is 14.2. The Hall–Kier alpha value is -1.39. The maximum absolute atomic E-state index is 12.5. The first-order chi connectivity index (χ1) is 10.7. The zero-order chi connectivity index (χ0) is 17.2. The van der Waals surface area contributed by atoms with Gasteiger partial charge in [0.25, 0.3) is 0 Å². The normalized spacial score (nSPS) is 24.3. The topological polar surface area (TPSA) is 41.6 Å². The molecular formula is C19H30N2O2. The molecule has 1 aromatic carbocycles. The third kappa shape index (κ3) is 4.79. The van der Waals surface area contributed by atoms with Crippen LogP contribution in [0.4, 0.5) is 5.69 Å². The van der Waals surface area contributed by atoms with Gasteiger partial charge in [0.1, 0.15) is 0 Å². The van der Waals surface area contributed by atoms with E-state index in [-0.39, 0.29) is 29.6 Å².